The van der Waals surface area contributed by atoms with Crippen molar-refractivity contribution in [3.05, 3.63) is 23.5 Å². The number of carbonyl (C=O) groups is 1. The van der Waals surface area contributed by atoms with Gasteiger partial charge in [-0.1, -0.05) is 0 Å². The fourth-order valence-corrected chi connectivity index (χ4v) is 2.01. The van der Waals surface area contributed by atoms with Crippen molar-refractivity contribution in [2.45, 2.75) is 13.0 Å². The zero-order valence-corrected chi connectivity index (χ0v) is 10.9. The Labute approximate surface area is 111 Å². The van der Waals surface area contributed by atoms with Crippen molar-refractivity contribution < 1.29 is 14.3 Å². The monoisotopic (exact) mass is 263 g/mol. The van der Waals surface area contributed by atoms with Crippen LogP contribution in [0.25, 0.3) is 0 Å². The van der Waals surface area contributed by atoms with Crippen LogP contribution < -0.4 is 0 Å². The van der Waals surface area contributed by atoms with E-state index in [1.54, 1.807) is 0 Å². The van der Waals surface area contributed by atoms with Crippen molar-refractivity contribution >= 4 is 5.97 Å². The number of nitrogens with one attached hydrogen (secondary N) is 1. The van der Waals surface area contributed by atoms with Gasteiger partial charge in [0.15, 0.2) is 0 Å². The zero-order valence-electron chi connectivity index (χ0n) is 10.9. The molecule has 1 aliphatic rings. The summed E-state index contributed by atoms with van der Waals surface area (Å²) in [5.74, 6) is -0.404. The van der Waals surface area contributed by atoms with Gasteiger partial charge in [-0.3, -0.25) is 4.90 Å². The molecule has 6 nitrogen and oxygen atoms in total. The number of ether oxygens (including phenoxy) is 2. The third-order valence-corrected chi connectivity index (χ3v) is 2.97. The summed E-state index contributed by atoms with van der Waals surface area (Å²) in [6.07, 6.45) is 1.30. The number of hydrogen-bond acceptors (Lipinski definition) is 5. The highest BCUT2D eigenvalue weighted by atomic mass is 16.5. The number of nitriles is 1. The van der Waals surface area contributed by atoms with Crippen LogP contribution >= 0.6 is 0 Å². The van der Waals surface area contributed by atoms with Gasteiger partial charge in [-0.15, -0.1) is 0 Å². The maximum atomic E-state index is 11.8. The lowest BCUT2D eigenvalue weighted by Gasteiger charge is -2.28. The van der Waals surface area contributed by atoms with Gasteiger partial charge in [0.1, 0.15) is 17.9 Å². The molecule has 0 bridgehead atoms. The lowest BCUT2D eigenvalue weighted by Crippen LogP contribution is -2.41. The molecule has 1 saturated heterocycles. The highest BCUT2D eigenvalue weighted by molar-refractivity contribution is 5.89. The predicted octanol–water partition coefficient (Wildman–Crippen LogP) is 0.764. The zero-order chi connectivity index (χ0) is 13.7. The number of aromatic nitrogens is 1. The molecule has 0 aromatic carbocycles. The quantitative estimate of drug-likeness (QED) is 0.811. The molecule has 1 aromatic rings. The van der Waals surface area contributed by atoms with Crippen LogP contribution in [0.15, 0.2) is 12.3 Å². The maximum Gasteiger partial charge on any atom is 0.340 e. The number of esters is 1. The molecule has 0 saturated carbocycles. The first kappa shape index (κ1) is 13.6. The number of hydrogen-bond donors (Lipinski definition) is 1. The van der Waals surface area contributed by atoms with E-state index in [0.29, 0.717) is 17.8 Å². The molecule has 0 spiro atoms. The highest BCUT2D eigenvalue weighted by Gasteiger charge is 2.18. The summed E-state index contributed by atoms with van der Waals surface area (Å²) in [4.78, 5) is 16.7. The van der Waals surface area contributed by atoms with Gasteiger partial charge in [-0.05, 0) is 13.0 Å². The second-order valence-corrected chi connectivity index (χ2v) is 4.54. The van der Waals surface area contributed by atoms with E-state index in [9.17, 15) is 4.79 Å². The summed E-state index contributed by atoms with van der Waals surface area (Å²) in [5.41, 5.74) is 0.734. The van der Waals surface area contributed by atoms with Crippen molar-refractivity contribution in [3.63, 3.8) is 0 Å². The van der Waals surface area contributed by atoms with Gasteiger partial charge in [-0.25, -0.2) is 4.79 Å². The fourth-order valence-electron chi connectivity index (χ4n) is 2.01. The van der Waals surface area contributed by atoms with Gasteiger partial charge in [-0.2, -0.15) is 5.26 Å². The third kappa shape index (κ3) is 3.81. The summed E-state index contributed by atoms with van der Waals surface area (Å²) in [5, 5.41) is 8.68. The normalized spacial score (nSPS) is 17.7. The number of carbonyl (C=O) groups excluding carboxylic acids is 1. The van der Waals surface area contributed by atoms with Gasteiger partial charge in [0, 0.05) is 25.8 Å². The summed E-state index contributed by atoms with van der Waals surface area (Å²) in [7, 11) is 0. The van der Waals surface area contributed by atoms with E-state index in [1.807, 2.05) is 13.0 Å². The van der Waals surface area contributed by atoms with E-state index >= 15 is 0 Å². The molecule has 1 fully saturated rings. The van der Waals surface area contributed by atoms with Crippen LogP contribution in [0.1, 0.15) is 23.0 Å². The average molecular weight is 263 g/mol. The molecular weight excluding hydrogens is 246 g/mol. The van der Waals surface area contributed by atoms with Gasteiger partial charge >= 0.3 is 5.97 Å². The Morgan fingerprint density at radius 1 is 1.63 bits per heavy atom. The van der Waals surface area contributed by atoms with Crippen LogP contribution in [0, 0.1) is 11.3 Å². The summed E-state index contributed by atoms with van der Waals surface area (Å²) >= 11 is 0. The minimum Gasteiger partial charge on any atom is -0.458 e. The van der Waals surface area contributed by atoms with Gasteiger partial charge < -0.3 is 14.5 Å². The second kappa shape index (κ2) is 6.36. The molecule has 1 atom stereocenters. The molecule has 2 rings (SSSR count). The lowest BCUT2D eigenvalue weighted by molar-refractivity contribution is 0.000458. The highest BCUT2D eigenvalue weighted by Crippen LogP contribution is 2.08. The van der Waals surface area contributed by atoms with E-state index in [-0.39, 0.29) is 6.10 Å². The van der Waals surface area contributed by atoms with Crippen molar-refractivity contribution in [3.8, 4) is 6.07 Å². The Hall–Kier alpha value is -1.84. The topological polar surface area (TPSA) is 78.3 Å². The first-order chi connectivity index (χ1) is 9.19. The summed E-state index contributed by atoms with van der Waals surface area (Å²) in [6, 6.07) is 3.43. The van der Waals surface area contributed by atoms with Gasteiger partial charge in [0.25, 0.3) is 0 Å². The molecule has 1 aliphatic heterocycles. The molecule has 19 heavy (non-hydrogen) atoms. The summed E-state index contributed by atoms with van der Waals surface area (Å²) < 4.78 is 10.6. The number of H-pyrrole nitrogens is 1. The molecule has 0 aliphatic carbocycles. The lowest BCUT2D eigenvalue weighted by atomic mass is 10.3. The Kier molecular flexibility index (Phi) is 4.55. The third-order valence-electron chi connectivity index (χ3n) is 2.97. The Morgan fingerprint density at radius 2 is 2.37 bits per heavy atom. The van der Waals surface area contributed by atoms with Crippen molar-refractivity contribution in [2.24, 2.45) is 0 Å². The van der Waals surface area contributed by atoms with Crippen LogP contribution in [0.3, 0.4) is 0 Å². The van der Waals surface area contributed by atoms with Crippen molar-refractivity contribution in [1.82, 2.24) is 9.88 Å². The standard InChI is InChI=1S/C13H17N3O3/c1-10(9-16-2-4-18-5-3-16)19-13(17)11-6-12(7-14)15-8-11/h6,8,10,15H,2-5,9H2,1H3. The average Bonchev–Trinajstić information content (AvgIpc) is 2.88. The first-order valence-electron chi connectivity index (χ1n) is 6.28. The van der Waals surface area contributed by atoms with Crippen molar-refractivity contribution in [1.29, 1.82) is 5.26 Å². The molecule has 2 heterocycles. The summed E-state index contributed by atoms with van der Waals surface area (Å²) in [6.45, 7) is 5.75. The van der Waals surface area contributed by atoms with Gasteiger partial charge in [0.2, 0.25) is 0 Å². The van der Waals surface area contributed by atoms with E-state index < -0.39 is 5.97 Å². The minimum absolute atomic E-state index is 0.189. The van der Waals surface area contributed by atoms with Crippen LogP contribution in [0.4, 0.5) is 0 Å². The molecule has 1 N–H and O–H groups in total. The van der Waals surface area contributed by atoms with Crippen molar-refractivity contribution in [2.75, 3.05) is 32.8 Å². The molecule has 6 heteroatoms. The molecule has 1 unspecified atom stereocenters. The van der Waals surface area contributed by atoms with E-state index in [2.05, 4.69) is 9.88 Å². The molecule has 102 valence electrons. The Bertz CT molecular complexity index is 472. The molecular formula is C13H17N3O3. The Balaban J connectivity index is 1.82. The second-order valence-electron chi connectivity index (χ2n) is 4.54. The van der Waals surface area contributed by atoms with Crippen LogP contribution in [-0.4, -0.2) is 54.8 Å². The fraction of sp³-hybridized carbons (Fsp3) is 0.538. The smallest absolute Gasteiger partial charge is 0.340 e. The van der Waals surface area contributed by atoms with Crippen LogP contribution in [0.2, 0.25) is 0 Å². The van der Waals surface area contributed by atoms with Gasteiger partial charge in [0.05, 0.1) is 18.8 Å². The largest absolute Gasteiger partial charge is 0.458 e. The van der Waals surface area contributed by atoms with E-state index in [0.717, 1.165) is 26.3 Å². The van der Waals surface area contributed by atoms with E-state index in [4.69, 9.17) is 14.7 Å². The van der Waals surface area contributed by atoms with Crippen LogP contribution in [-0.2, 0) is 9.47 Å². The molecule has 1 aromatic heterocycles. The predicted molar refractivity (Wildman–Crippen MR) is 67.6 cm³/mol. The number of morpholine rings is 1. The maximum absolute atomic E-state index is 11.8. The number of nitrogens with zero attached hydrogens (tertiary/aromatic N) is 2. The Morgan fingerprint density at radius 3 is 3.00 bits per heavy atom. The first-order valence-corrected chi connectivity index (χ1v) is 6.28. The number of aromatic amines is 1. The minimum atomic E-state index is -0.404. The molecule has 0 radical (unpaired) electrons. The van der Waals surface area contributed by atoms with E-state index in [1.165, 1.54) is 12.3 Å². The SMILES string of the molecule is CC(CN1CCOCC1)OC(=O)c1c[nH]c(C#N)c1. The number of rotatable bonds is 4. The molecule has 0 amide bonds. The van der Waals surface area contributed by atoms with Crippen LogP contribution in [0.5, 0.6) is 0 Å².